The van der Waals surface area contributed by atoms with Crippen molar-refractivity contribution in [2.45, 2.75) is 6.54 Å². The third kappa shape index (κ3) is 2.70. The fourth-order valence-electron chi connectivity index (χ4n) is 1.25. The highest BCUT2D eigenvalue weighted by atomic mass is 32.1. The Labute approximate surface area is 101 Å². The number of hydrogen-bond acceptors (Lipinski definition) is 6. The largest absolute Gasteiger partial charge is 0.478 e. The van der Waals surface area contributed by atoms with Gasteiger partial charge in [0.25, 0.3) is 0 Å². The molecule has 0 aliphatic carbocycles. The lowest BCUT2D eigenvalue weighted by molar-refractivity contribution is 0.0698. The number of nitrogen functional groups attached to an aromatic ring is 1. The van der Waals surface area contributed by atoms with Crippen LogP contribution in [0.25, 0.3) is 0 Å². The predicted molar refractivity (Wildman–Crippen MR) is 65.0 cm³/mol. The molecule has 0 aromatic carbocycles. The number of aromatic carboxylic acids is 1. The van der Waals surface area contributed by atoms with Crippen molar-refractivity contribution in [3.8, 4) is 0 Å². The van der Waals surface area contributed by atoms with Crippen molar-refractivity contribution >= 4 is 28.8 Å². The lowest BCUT2D eigenvalue weighted by atomic mass is 10.2. The molecule has 0 saturated heterocycles. The molecule has 0 radical (unpaired) electrons. The molecule has 6 nitrogen and oxygen atoms in total. The van der Waals surface area contributed by atoms with E-state index in [2.05, 4.69) is 15.3 Å². The van der Waals surface area contributed by atoms with Crippen LogP contribution in [0.1, 0.15) is 15.4 Å². The van der Waals surface area contributed by atoms with Gasteiger partial charge in [-0.2, -0.15) is 0 Å². The summed E-state index contributed by atoms with van der Waals surface area (Å²) < 4.78 is 0. The van der Waals surface area contributed by atoms with E-state index in [4.69, 9.17) is 10.8 Å². The molecule has 0 aliphatic rings. The minimum absolute atomic E-state index is 0.0432. The number of carbonyl (C=O) groups is 1. The van der Waals surface area contributed by atoms with Gasteiger partial charge in [-0.3, -0.25) is 0 Å². The number of carboxylic acid groups (broad SMARTS) is 1. The zero-order valence-corrected chi connectivity index (χ0v) is 9.57. The van der Waals surface area contributed by atoms with Crippen molar-refractivity contribution < 1.29 is 9.90 Å². The van der Waals surface area contributed by atoms with Crippen molar-refractivity contribution in [3.05, 3.63) is 34.4 Å². The summed E-state index contributed by atoms with van der Waals surface area (Å²) in [4.78, 5) is 19.0. The standard InChI is InChI=1S/C10H10N4O2S/c11-7-4-13-8(3-6(7)10(15)16)14-5-9-12-1-2-17-9/h1-4H,5,11H2,(H,13,14)(H,15,16). The molecule has 17 heavy (non-hydrogen) atoms. The Balaban J connectivity index is 2.11. The second kappa shape index (κ2) is 4.79. The first-order valence-corrected chi connectivity index (χ1v) is 5.66. The van der Waals surface area contributed by atoms with E-state index >= 15 is 0 Å². The van der Waals surface area contributed by atoms with Crippen LogP contribution in [0, 0.1) is 0 Å². The van der Waals surface area contributed by atoms with Gasteiger partial charge in [0, 0.05) is 11.6 Å². The van der Waals surface area contributed by atoms with Crippen LogP contribution in [0.3, 0.4) is 0 Å². The van der Waals surface area contributed by atoms with Crippen LogP contribution in [0.5, 0.6) is 0 Å². The Morgan fingerprint density at radius 2 is 2.35 bits per heavy atom. The Kier molecular flexibility index (Phi) is 3.20. The van der Waals surface area contributed by atoms with Crippen LogP contribution in [0.4, 0.5) is 11.5 Å². The Morgan fingerprint density at radius 3 is 3.00 bits per heavy atom. The summed E-state index contributed by atoms with van der Waals surface area (Å²) in [5.41, 5.74) is 5.69. The molecule has 0 amide bonds. The van der Waals surface area contributed by atoms with Gasteiger partial charge in [0.1, 0.15) is 10.8 Å². The lowest BCUT2D eigenvalue weighted by Crippen LogP contribution is -2.07. The first kappa shape index (κ1) is 11.3. The number of anilines is 2. The number of pyridine rings is 1. The van der Waals surface area contributed by atoms with E-state index in [9.17, 15) is 4.79 Å². The first-order valence-electron chi connectivity index (χ1n) is 4.78. The van der Waals surface area contributed by atoms with E-state index in [0.717, 1.165) is 5.01 Å². The minimum Gasteiger partial charge on any atom is -0.478 e. The number of nitrogens with one attached hydrogen (secondary N) is 1. The normalized spacial score (nSPS) is 10.1. The van der Waals surface area contributed by atoms with Gasteiger partial charge in [0.15, 0.2) is 0 Å². The van der Waals surface area contributed by atoms with E-state index < -0.39 is 5.97 Å². The van der Waals surface area contributed by atoms with Gasteiger partial charge in [0.05, 0.1) is 24.0 Å². The van der Waals surface area contributed by atoms with Crippen molar-refractivity contribution in [3.63, 3.8) is 0 Å². The van der Waals surface area contributed by atoms with Crippen LogP contribution < -0.4 is 11.1 Å². The van der Waals surface area contributed by atoms with Crippen LogP contribution in [-0.2, 0) is 6.54 Å². The maximum atomic E-state index is 10.9. The third-order valence-electron chi connectivity index (χ3n) is 2.07. The molecule has 0 bridgehead atoms. The SMILES string of the molecule is Nc1cnc(NCc2nccs2)cc1C(=O)O. The average Bonchev–Trinajstić information content (AvgIpc) is 2.80. The van der Waals surface area contributed by atoms with Crippen LogP contribution in [-0.4, -0.2) is 21.0 Å². The first-order chi connectivity index (χ1) is 8.16. The van der Waals surface area contributed by atoms with Gasteiger partial charge in [-0.1, -0.05) is 0 Å². The van der Waals surface area contributed by atoms with Gasteiger partial charge in [-0.05, 0) is 6.07 Å². The Morgan fingerprint density at radius 1 is 1.53 bits per heavy atom. The third-order valence-corrected chi connectivity index (χ3v) is 2.85. The molecule has 0 saturated carbocycles. The van der Waals surface area contributed by atoms with E-state index in [1.54, 1.807) is 6.20 Å². The van der Waals surface area contributed by atoms with Crippen LogP contribution >= 0.6 is 11.3 Å². The summed E-state index contributed by atoms with van der Waals surface area (Å²) in [6, 6.07) is 1.41. The maximum Gasteiger partial charge on any atom is 0.337 e. The Bertz CT molecular complexity index is 527. The Hall–Kier alpha value is -2.15. The molecule has 2 aromatic heterocycles. The number of hydrogen-bond donors (Lipinski definition) is 3. The van der Waals surface area contributed by atoms with E-state index in [1.165, 1.54) is 23.6 Å². The number of nitrogens with two attached hydrogens (primary N) is 1. The quantitative estimate of drug-likeness (QED) is 0.758. The highest BCUT2D eigenvalue weighted by Gasteiger charge is 2.09. The number of thiazole rings is 1. The molecule has 2 aromatic rings. The van der Waals surface area contributed by atoms with Crippen LogP contribution in [0.2, 0.25) is 0 Å². The summed E-state index contributed by atoms with van der Waals surface area (Å²) in [5, 5.41) is 14.7. The monoisotopic (exact) mass is 250 g/mol. The highest BCUT2D eigenvalue weighted by Crippen LogP contribution is 2.15. The molecule has 0 unspecified atom stereocenters. The van der Waals surface area contributed by atoms with Crippen LogP contribution in [0.15, 0.2) is 23.8 Å². The fraction of sp³-hybridized carbons (Fsp3) is 0.100. The summed E-state index contributed by atoms with van der Waals surface area (Å²) >= 11 is 1.51. The molecular formula is C10H10N4O2S. The summed E-state index contributed by atoms with van der Waals surface area (Å²) in [7, 11) is 0. The highest BCUT2D eigenvalue weighted by molar-refractivity contribution is 7.09. The number of carboxylic acids is 1. The molecule has 0 fully saturated rings. The van der Waals surface area contributed by atoms with E-state index in [1.807, 2.05) is 5.38 Å². The lowest BCUT2D eigenvalue weighted by Gasteiger charge is -2.06. The van der Waals surface area contributed by atoms with Crippen molar-refractivity contribution in [1.29, 1.82) is 0 Å². The molecule has 0 atom stereocenters. The maximum absolute atomic E-state index is 10.9. The zero-order chi connectivity index (χ0) is 12.3. The summed E-state index contributed by atoms with van der Waals surface area (Å²) in [5.74, 6) is -0.603. The number of aromatic nitrogens is 2. The zero-order valence-electron chi connectivity index (χ0n) is 8.75. The van der Waals surface area contributed by atoms with Gasteiger partial charge in [-0.25, -0.2) is 14.8 Å². The molecule has 0 spiro atoms. The molecule has 2 heterocycles. The predicted octanol–water partition coefficient (Wildman–Crippen LogP) is 1.43. The van der Waals surface area contributed by atoms with Gasteiger partial charge < -0.3 is 16.2 Å². The van der Waals surface area contributed by atoms with E-state index in [-0.39, 0.29) is 11.3 Å². The summed E-state index contributed by atoms with van der Waals surface area (Å²) in [6.45, 7) is 0.508. The second-order valence-corrected chi connectivity index (χ2v) is 4.22. The van der Waals surface area contributed by atoms with Gasteiger partial charge in [0.2, 0.25) is 0 Å². The average molecular weight is 250 g/mol. The number of rotatable bonds is 4. The van der Waals surface area contributed by atoms with Crippen molar-refractivity contribution in [2.24, 2.45) is 0 Å². The molecular weight excluding hydrogens is 240 g/mol. The van der Waals surface area contributed by atoms with Crippen molar-refractivity contribution in [1.82, 2.24) is 9.97 Å². The molecule has 2 rings (SSSR count). The fourth-order valence-corrected chi connectivity index (χ4v) is 1.81. The topological polar surface area (TPSA) is 101 Å². The van der Waals surface area contributed by atoms with Gasteiger partial charge >= 0.3 is 5.97 Å². The summed E-state index contributed by atoms with van der Waals surface area (Å²) in [6.07, 6.45) is 3.04. The number of nitrogens with zero attached hydrogens (tertiary/aromatic N) is 2. The van der Waals surface area contributed by atoms with E-state index in [0.29, 0.717) is 12.4 Å². The molecule has 4 N–H and O–H groups in total. The molecule has 0 aliphatic heterocycles. The minimum atomic E-state index is -1.07. The smallest absolute Gasteiger partial charge is 0.337 e. The van der Waals surface area contributed by atoms with Crippen molar-refractivity contribution in [2.75, 3.05) is 11.1 Å². The van der Waals surface area contributed by atoms with Gasteiger partial charge in [-0.15, -0.1) is 11.3 Å². The molecule has 88 valence electrons. The second-order valence-electron chi connectivity index (χ2n) is 3.24. The molecule has 7 heteroatoms.